The molecule has 0 saturated carbocycles. The molecule has 1 aliphatic heterocycles. The number of hydrogen-bond donors (Lipinski definition) is 0. The van der Waals surface area contributed by atoms with E-state index in [-0.39, 0.29) is 0 Å². The Kier molecular flexibility index (Phi) is 1.60. The Morgan fingerprint density at radius 2 is 2.29 bits per heavy atom. The zero-order chi connectivity index (χ0) is 9.71. The molecule has 0 unspecified atom stereocenters. The smallest absolute Gasteiger partial charge is 0.186 e. The van der Waals surface area contributed by atoms with E-state index in [0.29, 0.717) is 4.32 Å². The third kappa shape index (κ3) is 0.995. The quantitative estimate of drug-likeness (QED) is 0.351. The van der Waals surface area contributed by atoms with Crippen molar-refractivity contribution in [2.24, 2.45) is 4.47 Å². The van der Waals surface area contributed by atoms with Gasteiger partial charge < -0.3 is 0 Å². The molecule has 0 radical (unpaired) electrons. The maximum absolute atomic E-state index is 5.96. The van der Waals surface area contributed by atoms with Crippen molar-refractivity contribution in [2.45, 2.75) is 0 Å². The Hall–Kier alpha value is -1.07. The number of aromatic nitrogens is 2. The third-order valence-electron chi connectivity index (χ3n) is 2.16. The maximum atomic E-state index is 5.96. The van der Waals surface area contributed by atoms with Gasteiger partial charge in [-0.05, 0) is 12.1 Å². The van der Waals surface area contributed by atoms with Crippen LogP contribution in [0.25, 0.3) is 11.0 Å². The molecule has 68 valence electrons. The molecule has 6 heteroatoms. The van der Waals surface area contributed by atoms with Crippen LogP contribution in [0, 0.1) is 0 Å². The molecule has 0 N–H and O–H groups in total. The molecule has 3 rings (SSSR count). The van der Waals surface area contributed by atoms with Gasteiger partial charge in [0.15, 0.2) is 10.1 Å². The van der Waals surface area contributed by atoms with Crippen LogP contribution in [0.5, 0.6) is 0 Å². The van der Waals surface area contributed by atoms with Crippen molar-refractivity contribution in [3.05, 3.63) is 24.0 Å². The van der Waals surface area contributed by atoms with Crippen LogP contribution in [-0.2, 0) is 11.1 Å². The first kappa shape index (κ1) is 8.26. The lowest BCUT2D eigenvalue weighted by Crippen LogP contribution is -2.01. The second kappa shape index (κ2) is 2.71. The van der Waals surface area contributed by atoms with Gasteiger partial charge in [0, 0.05) is 11.1 Å². The van der Waals surface area contributed by atoms with Crippen molar-refractivity contribution >= 4 is 51.4 Å². The fraction of sp³-hybridized carbons (Fsp3) is 0. The average Bonchev–Trinajstić information content (AvgIpc) is 2.67. The molecule has 1 aromatic heterocycles. The summed E-state index contributed by atoms with van der Waals surface area (Å²) in [6, 6.07) is 6.08. The minimum absolute atomic E-state index is 0.638. The molecule has 2 aromatic rings. The van der Waals surface area contributed by atoms with Crippen molar-refractivity contribution in [3.8, 4) is 0 Å². The van der Waals surface area contributed by atoms with E-state index in [1.807, 2.05) is 20.0 Å². The van der Waals surface area contributed by atoms with Crippen LogP contribution in [0.1, 0.15) is 5.82 Å². The fourth-order valence-electron chi connectivity index (χ4n) is 1.50. The molecule has 0 saturated heterocycles. The van der Waals surface area contributed by atoms with Gasteiger partial charge >= 0.3 is 0 Å². The number of halogens is 1. The Morgan fingerprint density at radius 1 is 1.43 bits per heavy atom. The first-order valence-electron chi connectivity index (χ1n) is 4.16. The predicted octanol–water partition coefficient (Wildman–Crippen LogP) is 0.0544. The highest BCUT2D eigenvalue weighted by molar-refractivity contribution is 7.73. The molecule has 0 amide bonds. The van der Waals surface area contributed by atoms with Crippen molar-refractivity contribution in [2.75, 3.05) is 0 Å². The van der Waals surface area contributed by atoms with E-state index in [9.17, 15) is 0 Å². The normalized spacial score (nSPS) is 13.9. The van der Waals surface area contributed by atoms with Crippen molar-refractivity contribution in [3.63, 3.8) is 0 Å². The molecule has 0 spiro atoms. The highest BCUT2D eigenvalue weighted by Gasteiger charge is 2.16. The van der Waals surface area contributed by atoms with Gasteiger partial charge in [-0.15, -0.1) is 4.47 Å². The Morgan fingerprint density at radius 3 is 3.14 bits per heavy atom. The summed E-state index contributed by atoms with van der Waals surface area (Å²) in [6.07, 6.45) is 0. The van der Waals surface area contributed by atoms with E-state index in [1.165, 1.54) is 16.6 Å². The molecule has 3 nitrogen and oxygen atoms in total. The highest BCUT2D eigenvalue weighted by Crippen LogP contribution is 2.18. The molecular formula is C8H5BClN3S. The SMILES string of the molecule is Bc1ccc2nc3n(c2c1)N=S=C3Cl. The standard InChI is InChI=1S/C8H5BClN3S/c9-4-1-2-5-6(3-4)13-8(11-5)7(10)14-12-13/h1-3H,9H2. The minimum atomic E-state index is 0.638. The number of benzene rings is 1. The zero-order valence-electron chi connectivity index (χ0n) is 7.36. The Balaban J connectivity index is 2.44. The molecule has 0 atom stereocenters. The van der Waals surface area contributed by atoms with Crippen LogP contribution in [0.2, 0.25) is 0 Å². The summed E-state index contributed by atoms with van der Waals surface area (Å²) in [5.74, 6) is 0.747. The van der Waals surface area contributed by atoms with Gasteiger partial charge in [0.2, 0.25) is 0 Å². The number of imidazole rings is 1. The minimum Gasteiger partial charge on any atom is -0.225 e. The number of fused-ring (bicyclic) bond motifs is 3. The van der Waals surface area contributed by atoms with E-state index < -0.39 is 0 Å². The summed E-state index contributed by atoms with van der Waals surface area (Å²) < 4.78 is 6.64. The summed E-state index contributed by atoms with van der Waals surface area (Å²) in [6.45, 7) is 0. The van der Waals surface area contributed by atoms with Crippen LogP contribution >= 0.6 is 11.6 Å². The van der Waals surface area contributed by atoms with E-state index in [1.54, 1.807) is 4.68 Å². The van der Waals surface area contributed by atoms with Gasteiger partial charge in [-0.25, -0.2) is 9.66 Å². The lowest BCUT2D eigenvalue weighted by molar-refractivity contribution is 0.927. The van der Waals surface area contributed by atoms with Crippen LogP contribution in [0.15, 0.2) is 22.7 Å². The molecule has 1 aliphatic rings. The highest BCUT2D eigenvalue weighted by atomic mass is 35.5. The molecule has 14 heavy (non-hydrogen) atoms. The lowest BCUT2D eigenvalue weighted by atomic mass is 9.96. The first-order valence-corrected chi connectivity index (χ1v) is 5.31. The van der Waals surface area contributed by atoms with E-state index in [4.69, 9.17) is 11.6 Å². The Bertz CT molecular complexity index is 612. The van der Waals surface area contributed by atoms with E-state index in [2.05, 4.69) is 15.5 Å². The molecule has 2 heterocycles. The summed E-state index contributed by atoms with van der Waals surface area (Å²) in [4.78, 5) is 4.39. The monoisotopic (exact) mass is 221 g/mol. The number of rotatable bonds is 0. The van der Waals surface area contributed by atoms with Crippen molar-refractivity contribution in [1.82, 2.24) is 9.66 Å². The lowest BCUT2D eigenvalue weighted by Gasteiger charge is -1.94. The van der Waals surface area contributed by atoms with Crippen molar-refractivity contribution in [1.29, 1.82) is 0 Å². The fourth-order valence-corrected chi connectivity index (χ4v) is 2.25. The van der Waals surface area contributed by atoms with Gasteiger partial charge in [-0.1, -0.05) is 23.1 Å². The predicted molar refractivity (Wildman–Crippen MR) is 63.1 cm³/mol. The Labute approximate surface area is 89.8 Å². The van der Waals surface area contributed by atoms with Crippen LogP contribution in [0.3, 0.4) is 0 Å². The van der Waals surface area contributed by atoms with E-state index in [0.717, 1.165) is 16.9 Å². The molecular weight excluding hydrogens is 216 g/mol. The second-order valence-electron chi connectivity index (χ2n) is 3.19. The maximum Gasteiger partial charge on any atom is 0.186 e. The summed E-state index contributed by atoms with van der Waals surface area (Å²) in [7, 11) is 2.05. The summed E-state index contributed by atoms with van der Waals surface area (Å²) in [5, 5.41) is 0. The molecule has 0 bridgehead atoms. The first-order chi connectivity index (χ1) is 6.75. The molecule has 0 fully saturated rings. The van der Waals surface area contributed by atoms with Gasteiger partial charge in [-0.3, -0.25) is 0 Å². The van der Waals surface area contributed by atoms with Crippen LogP contribution in [-0.4, -0.2) is 21.8 Å². The van der Waals surface area contributed by atoms with Crippen molar-refractivity contribution < 1.29 is 0 Å². The summed E-state index contributed by atoms with van der Waals surface area (Å²) >= 11 is 7.22. The molecule has 0 aliphatic carbocycles. The third-order valence-corrected chi connectivity index (χ3v) is 3.13. The summed E-state index contributed by atoms with van der Waals surface area (Å²) in [5.41, 5.74) is 3.15. The zero-order valence-corrected chi connectivity index (χ0v) is 8.93. The van der Waals surface area contributed by atoms with Crippen LogP contribution in [0.4, 0.5) is 0 Å². The van der Waals surface area contributed by atoms with E-state index >= 15 is 0 Å². The largest absolute Gasteiger partial charge is 0.225 e. The van der Waals surface area contributed by atoms with Gasteiger partial charge in [0.25, 0.3) is 0 Å². The van der Waals surface area contributed by atoms with Gasteiger partial charge in [0.05, 0.1) is 11.0 Å². The number of hydrogen-bond acceptors (Lipinski definition) is 2. The second-order valence-corrected chi connectivity index (χ2v) is 4.54. The molecule has 1 aromatic carbocycles. The average molecular weight is 221 g/mol. The van der Waals surface area contributed by atoms with Gasteiger partial charge in [-0.2, -0.15) is 0 Å². The number of nitrogens with zero attached hydrogens (tertiary/aromatic N) is 3. The topological polar surface area (TPSA) is 30.2 Å². The van der Waals surface area contributed by atoms with Crippen LogP contribution < -0.4 is 5.46 Å². The van der Waals surface area contributed by atoms with Gasteiger partial charge in [0.1, 0.15) is 7.85 Å².